The second-order valence-corrected chi connectivity index (χ2v) is 10.3. The van der Waals surface area contributed by atoms with Crippen LogP contribution in [0, 0.1) is 6.92 Å². The normalized spacial score (nSPS) is 11.5. The van der Waals surface area contributed by atoms with Gasteiger partial charge in [0.2, 0.25) is 0 Å². The summed E-state index contributed by atoms with van der Waals surface area (Å²) in [5.41, 5.74) is 4.94. The molecule has 0 saturated carbocycles. The zero-order valence-electron chi connectivity index (χ0n) is 20.0. The third-order valence-electron chi connectivity index (χ3n) is 6.12. The third kappa shape index (κ3) is 4.10. The smallest absolute Gasteiger partial charge is 0.338 e. The fourth-order valence-corrected chi connectivity index (χ4v) is 5.96. The molecule has 5 aromatic rings. The van der Waals surface area contributed by atoms with E-state index in [0.29, 0.717) is 23.4 Å². The van der Waals surface area contributed by atoms with Crippen LogP contribution < -0.4 is 0 Å². The van der Waals surface area contributed by atoms with Crippen LogP contribution in [0.2, 0.25) is 0 Å². The van der Waals surface area contributed by atoms with Gasteiger partial charge in [-0.05, 0) is 55.3 Å². The summed E-state index contributed by atoms with van der Waals surface area (Å²) in [6.45, 7) is 3.99. The molecule has 0 atom stereocenters. The first-order chi connectivity index (χ1) is 17.4. The zero-order valence-corrected chi connectivity index (χ0v) is 20.8. The lowest BCUT2D eigenvalue weighted by Gasteiger charge is -2.14. The molecule has 6 heteroatoms. The molecule has 0 N–H and O–H groups in total. The number of hydrogen-bond acceptors (Lipinski definition) is 4. The average molecular weight is 496 g/mol. The van der Waals surface area contributed by atoms with Crippen LogP contribution in [0.15, 0.2) is 108 Å². The van der Waals surface area contributed by atoms with Crippen LogP contribution in [0.3, 0.4) is 0 Å². The molecule has 5 nitrogen and oxygen atoms in total. The van der Waals surface area contributed by atoms with Crippen LogP contribution in [0.5, 0.6) is 0 Å². The number of aryl methyl sites for hydroxylation is 1. The lowest BCUT2D eigenvalue weighted by Crippen LogP contribution is -2.14. The van der Waals surface area contributed by atoms with E-state index in [1.165, 1.54) is 3.97 Å². The van der Waals surface area contributed by atoms with Gasteiger partial charge < -0.3 is 4.74 Å². The standard InChI is InChI=1S/C30H25NO4S/c1-3-35-30(32)24-17-15-22(16-18-24)28-26-11-7-8-12-27(26)31(29(28)23-9-5-4-6-10-23)36(33,34)25-19-13-21(2)14-20-25/h4-20H,3H2,1-2H3. The Morgan fingerprint density at radius 2 is 1.42 bits per heavy atom. The highest BCUT2D eigenvalue weighted by Crippen LogP contribution is 2.42. The van der Waals surface area contributed by atoms with E-state index in [-0.39, 0.29) is 4.90 Å². The van der Waals surface area contributed by atoms with Gasteiger partial charge in [0.05, 0.1) is 28.3 Å². The predicted octanol–water partition coefficient (Wildman–Crippen LogP) is 6.70. The number of ether oxygens (including phenoxy) is 1. The molecule has 4 aromatic carbocycles. The van der Waals surface area contributed by atoms with Crippen molar-refractivity contribution in [2.45, 2.75) is 18.7 Å². The van der Waals surface area contributed by atoms with Crippen molar-refractivity contribution in [1.29, 1.82) is 0 Å². The molecule has 0 saturated heterocycles. The van der Waals surface area contributed by atoms with E-state index in [4.69, 9.17) is 4.74 Å². The molecule has 1 aromatic heterocycles. The van der Waals surface area contributed by atoms with E-state index in [2.05, 4.69) is 0 Å². The van der Waals surface area contributed by atoms with Gasteiger partial charge in [0, 0.05) is 10.9 Å². The molecular weight excluding hydrogens is 470 g/mol. The number of esters is 1. The first kappa shape index (κ1) is 23.6. The quantitative estimate of drug-likeness (QED) is 0.246. The van der Waals surface area contributed by atoms with Gasteiger partial charge in [0.1, 0.15) is 0 Å². The minimum absolute atomic E-state index is 0.218. The minimum atomic E-state index is -3.93. The van der Waals surface area contributed by atoms with Crippen LogP contribution in [0.4, 0.5) is 0 Å². The second kappa shape index (κ2) is 9.47. The number of hydrogen-bond donors (Lipinski definition) is 0. The van der Waals surface area contributed by atoms with Crippen molar-refractivity contribution in [3.8, 4) is 22.4 Å². The highest BCUT2D eigenvalue weighted by atomic mass is 32.2. The van der Waals surface area contributed by atoms with E-state index >= 15 is 0 Å². The molecule has 0 aliphatic heterocycles. The Kier molecular flexibility index (Phi) is 6.20. The van der Waals surface area contributed by atoms with Gasteiger partial charge in [-0.3, -0.25) is 0 Å². The molecule has 1 heterocycles. The fraction of sp³-hybridized carbons (Fsp3) is 0.100. The monoisotopic (exact) mass is 495 g/mol. The molecule has 5 rings (SSSR count). The van der Waals surface area contributed by atoms with Crippen molar-refractivity contribution in [3.63, 3.8) is 0 Å². The Labute approximate surface area is 210 Å². The van der Waals surface area contributed by atoms with Gasteiger partial charge in [-0.25, -0.2) is 17.2 Å². The first-order valence-electron chi connectivity index (χ1n) is 11.7. The highest BCUT2D eigenvalue weighted by Gasteiger charge is 2.28. The molecule has 180 valence electrons. The van der Waals surface area contributed by atoms with Gasteiger partial charge in [-0.2, -0.15) is 0 Å². The van der Waals surface area contributed by atoms with Gasteiger partial charge in [-0.1, -0.05) is 78.4 Å². The summed E-state index contributed by atoms with van der Waals surface area (Å²) in [6.07, 6.45) is 0. The SMILES string of the molecule is CCOC(=O)c1ccc(-c2c(-c3ccccc3)n(S(=O)(=O)c3ccc(C)cc3)c3ccccc23)cc1. The number of nitrogens with zero attached hydrogens (tertiary/aromatic N) is 1. The molecule has 0 fully saturated rings. The Balaban J connectivity index is 1.83. The topological polar surface area (TPSA) is 65.4 Å². The van der Waals surface area contributed by atoms with Crippen molar-refractivity contribution in [3.05, 3.63) is 114 Å². The van der Waals surface area contributed by atoms with E-state index < -0.39 is 16.0 Å². The second-order valence-electron chi connectivity index (χ2n) is 8.49. The van der Waals surface area contributed by atoms with Gasteiger partial charge in [0.25, 0.3) is 10.0 Å². The number of carbonyl (C=O) groups excluding carboxylic acids is 1. The minimum Gasteiger partial charge on any atom is -0.462 e. The van der Waals surface area contributed by atoms with Crippen molar-refractivity contribution in [2.24, 2.45) is 0 Å². The largest absolute Gasteiger partial charge is 0.462 e. The summed E-state index contributed by atoms with van der Waals surface area (Å²) in [7, 11) is -3.93. The Hall–Kier alpha value is -4.16. The Bertz CT molecular complexity index is 1650. The van der Waals surface area contributed by atoms with Crippen LogP contribution in [0.1, 0.15) is 22.8 Å². The number of para-hydroxylation sites is 1. The summed E-state index contributed by atoms with van der Waals surface area (Å²) in [6, 6.07) is 31.0. The van der Waals surface area contributed by atoms with E-state index in [1.807, 2.05) is 73.7 Å². The van der Waals surface area contributed by atoms with Crippen LogP contribution in [0.25, 0.3) is 33.3 Å². The third-order valence-corrected chi connectivity index (χ3v) is 7.85. The van der Waals surface area contributed by atoms with Crippen molar-refractivity contribution < 1.29 is 17.9 Å². The number of rotatable bonds is 6. The molecule has 0 amide bonds. The van der Waals surface area contributed by atoms with Gasteiger partial charge in [0.15, 0.2) is 0 Å². The number of carbonyl (C=O) groups is 1. The summed E-state index contributed by atoms with van der Waals surface area (Å²) in [5, 5.41) is 0.802. The molecule has 0 aliphatic carbocycles. The molecule has 0 spiro atoms. The van der Waals surface area contributed by atoms with Crippen LogP contribution in [-0.2, 0) is 14.8 Å². The molecule has 0 unspecified atom stereocenters. The predicted molar refractivity (Wildman–Crippen MR) is 143 cm³/mol. The van der Waals surface area contributed by atoms with Crippen LogP contribution in [-0.4, -0.2) is 25.0 Å². The molecule has 36 heavy (non-hydrogen) atoms. The number of fused-ring (bicyclic) bond motifs is 1. The maximum absolute atomic E-state index is 14.1. The van der Waals surface area contributed by atoms with Crippen molar-refractivity contribution >= 4 is 26.9 Å². The van der Waals surface area contributed by atoms with Crippen molar-refractivity contribution in [2.75, 3.05) is 6.61 Å². The maximum Gasteiger partial charge on any atom is 0.338 e. The molecular formula is C30H25NO4S. The number of benzene rings is 4. The Morgan fingerprint density at radius 1 is 0.778 bits per heavy atom. The Morgan fingerprint density at radius 3 is 2.08 bits per heavy atom. The summed E-state index contributed by atoms with van der Waals surface area (Å²) < 4.78 is 34.8. The molecule has 0 radical (unpaired) electrons. The summed E-state index contributed by atoms with van der Waals surface area (Å²) in [5.74, 6) is -0.392. The van der Waals surface area contributed by atoms with Gasteiger partial charge >= 0.3 is 5.97 Å². The fourth-order valence-electron chi connectivity index (χ4n) is 4.41. The van der Waals surface area contributed by atoms with Crippen LogP contribution >= 0.6 is 0 Å². The lowest BCUT2D eigenvalue weighted by molar-refractivity contribution is 0.0526. The molecule has 0 aliphatic rings. The zero-order chi connectivity index (χ0) is 25.3. The highest BCUT2D eigenvalue weighted by molar-refractivity contribution is 7.90. The first-order valence-corrected chi connectivity index (χ1v) is 13.1. The maximum atomic E-state index is 14.1. The number of aromatic nitrogens is 1. The van der Waals surface area contributed by atoms with E-state index in [0.717, 1.165) is 27.6 Å². The van der Waals surface area contributed by atoms with Crippen molar-refractivity contribution in [1.82, 2.24) is 3.97 Å². The van der Waals surface area contributed by atoms with Gasteiger partial charge in [-0.15, -0.1) is 0 Å². The summed E-state index contributed by atoms with van der Waals surface area (Å²) >= 11 is 0. The van der Waals surface area contributed by atoms with E-state index in [1.54, 1.807) is 43.3 Å². The lowest BCUT2D eigenvalue weighted by atomic mass is 9.97. The molecule has 0 bridgehead atoms. The van der Waals surface area contributed by atoms with E-state index in [9.17, 15) is 13.2 Å². The summed E-state index contributed by atoms with van der Waals surface area (Å²) in [4.78, 5) is 12.4. The average Bonchev–Trinajstić information content (AvgIpc) is 3.26.